The van der Waals surface area contributed by atoms with Crippen LogP contribution >= 0.6 is 0 Å². The van der Waals surface area contributed by atoms with Crippen LogP contribution in [-0.4, -0.2) is 74.7 Å². The van der Waals surface area contributed by atoms with Crippen LogP contribution in [0.2, 0.25) is 0 Å². The molecule has 0 spiro atoms. The fraction of sp³-hybridized carbons (Fsp3) is 0.750. The number of carbonyl (C=O) groups is 3. The Morgan fingerprint density at radius 3 is 2.24 bits per heavy atom. The highest BCUT2D eigenvalue weighted by atomic mass is 32.2. The summed E-state index contributed by atoms with van der Waals surface area (Å²) in [6, 6.07) is -0.884. The van der Waals surface area contributed by atoms with Gasteiger partial charge in [-0.2, -0.15) is 0 Å². The maximum absolute atomic E-state index is 12.5. The molecule has 0 aliphatic carbocycles. The van der Waals surface area contributed by atoms with Gasteiger partial charge in [0.15, 0.2) is 0 Å². The second-order valence-corrected chi connectivity index (χ2v) is 9.13. The van der Waals surface area contributed by atoms with Crippen LogP contribution in [0.1, 0.15) is 33.6 Å². The minimum absolute atomic E-state index is 0.131. The molecule has 2 fully saturated rings. The lowest BCUT2D eigenvalue weighted by Crippen LogP contribution is -2.62. The van der Waals surface area contributed by atoms with Gasteiger partial charge in [0.2, 0.25) is 11.8 Å². The molecule has 0 saturated carbocycles. The lowest BCUT2D eigenvalue weighted by atomic mass is 9.88. The highest BCUT2D eigenvalue weighted by Crippen LogP contribution is 2.21. The van der Waals surface area contributed by atoms with Crippen LogP contribution in [0.15, 0.2) is 0 Å². The van der Waals surface area contributed by atoms with E-state index in [0.717, 1.165) is 0 Å². The SMILES string of the molecule is CC(C)(C)C(=N)CC(=O)NC(=O)C1CCN1C(=O)N1CCS(=O)CC1. The quantitative estimate of drug-likeness (QED) is 0.698. The maximum atomic E-state index is 12.5. The number of imide groups is 1. The molecular weight excluding hydrogens is 344 g/mol. The predicted octanol–water partition coefficient (Wildman–Crippen LogP) is 0.344. The first kappa shape index (κ1) is 19.6. The van der Waals surface area contributed by atoms with Gasteiger partial charge in [-0.1, -0.05) is 20.8 Å². The highest BCUT2D eigenvalue weighted by molar-refractivity contribution is 7.85. The molecule has 9 heteroatoms. The second-order valence-electron chi connectivity index (χ2n) is 7.43. The van der Waals surface area contributed by atoms with Gasteiger partial charge in [-0.15, -0.1) is 0 Å². The van der Waals surface area contributed by atoms with E-state index in [2.05, 4.69) is 5.32 Å². The monoisotopic (exact) mass is 370 g/mol. The van der Waals surface area contributed by atoms with Crippen LogP contribution in [-0.2, 0) is 20.4 Å². The Kier molecular flexibility index (Phi) is 5.97. The molecule has 0 aromatic carbocycles. The van der Waals surface area contributed by atoms with Gasteiger partial charge in [0.25, 0.3) is 0 Å². The summed E-state index contributed by atoms with van der Waals surface area (Å²) < 4.78 is 11.4. The van der Waals surface area contributed by atoms with Crippen molar-refractivity contribution in [1.29, 1.82) is 5.41 Å². The van der Waals surface area contributed by atoms with Crippen molar-refractivity contribution in [3.8, 4) is 0 Å². The Hall–Kier alpha value is -1.77. The molecular formula is C16H26N4O4S. The van der Waals surface area contributed by atoms with E-state index in [1.54, 1.807) is 4.90 Å². The number of rotatable bonds is 3. The first-order chi connectivity index (χ1) is 11.6. The zero-order chi connectivity index (χ0) is 18.8. The fourth-order valence-electron chi connectivity index (χ4n) is 2.59. The van der Waals surface area contributed by atoms with Crippen molar-refractivity contribution in [3.05, 3.63) is 0 Å². The largest absolute Gasteiger partial charge is 0.323 e. The molecule has 0 aromatic heterocycles. The van der Waals surface area contributed by atoms with Crippen LogP contribution in [0.3, 0.4) is 0 Å². The van der Waals surface area contributed by atoms with E-state index in [9.17, 15) is 18.6 Å². The van der Waals surface area contributed by atoms with Crippen LogP contribution < -0.4 is 5.32 Å². The summed E-state index contributed by atoms with van der Waals surface area (Å²) in [5.41, 5.74) is -0.173. The van der Waals surface area contributed by atoms with Crippen molar-refractivity contribution in [1.82, 2.24) is 15.1 Å². The van der Waals surface area contributed by atoms with E-state index in [0.29, 0.717) is 37.6 Å². The Labute approximate surface area is 150 Å². The van der Waals surface area contributed by atoms with Gasteiger partial charge in [0.1, 0.15) is 6.04 Å². The van der Waals surface area contributed by atoms with E-state index >= 15 is 0 Å². The molecule has 0 aromatic rings. The molecule has 2 saturated heterocycles. The molecule has 2 aliphatic rings. The Balaban J connectivity index is 1.85. The summed E-state index contributed by atoms with van der Waals surface area (Å²) in [7, 11) is -0.870. The summed E-state index contributed by atoms with van der Waals surface area (Å²) in [6.07, 6.45) is 0.384. The Bertz CT molecular complexity index is 604. The van der Waals surface area contributed by atoms with E-state index in [-0.39, 0.29) is 18.2 Å². The number of likely N-dealkylation sites (tertiary alicyclic amines) is 1. The van der Waals surface area contributed by atoms with Gasteiger partial charge in [0.05, 0.1) is 6.42 Å². The van der Waals surface area contributed by atoms with Crippen LogP contribution in [0.25, 0.3) is 0 Å². The third kappa shape index (κ3) is 4.87. The number of nitrogens with zero attached hydrogens (tertiary/aromatic N) is 2. The van der Waals surface area contributed by atoms with Gasteiger partial charge in [-0.3, -0.25) is 19.1 Å². The number of hydrogen-bond donors (Lipinski definition) is 2. The first-order valence-corrected chi connectivity index (χ1v) is 9.90. The van der Waals surface area contributed by atoms with Gasteiger partial charge in [-0.05, 0) is 6.42 Å². The molecule has 0 bridgehead atoms. The topological polar surface area (TPSA) is 111 Å². The first-order valence-electron chi connectivity index (χ1n) is 8.41. The van der Waals surface area contributed by atoms with E-state index in [1.807, 2.05) is 20.8 Å². The molecule has 140 valence electrons. The lowest BCUT2D eigenvalue weighted by Gasteiger charge is -2.43. The van der Waals surface area contributed by atoms with Crippen LogP contribution in [0.4, 0.5) is 4.79 Å². The smallest absolute Gasteiger partial charge is 0.320 e. The van der Waals surface area contributed by atoms with Crippen molar-refractivity contribution in [2.75, 3.05) is 31.1 Å². The molecule has 0 radical (unpaired) electrons. The summed E-state index contributed by atoms with van der Waals surface area (Å²) in [4.78, 5) is 39.7. The van der Waals surface area contributed by atoms with Crippen LogP contribution in [0, 0.1) is 10.8 Å². The minimum atomic E-state index is -0.870. The zero-order valence-electron chi connectivity index (χ0n) is 15.0. The Morgan fingerprint density at radius 2 is 1.76 bits per heavy atom. The molecule has 2 aliphatic heterocycles. The van der Waals surface area contributed by atoms with E-state index in [1.165, 1.54) is 4.90 Å². The van der Waals surface area contributed by atoms with Gasteiger partial charge in [-0.25, -0.2) is 4.79 Å². The van der Waals surface area contributed by atoms with Gasteiger partial charge >= 0.3 is 6.03 Å². The number of urea groups is 1. The van der Waals surface area contributed by atoms with Crippen molar-refractivity contribution in [2.45, 2.75) is 39.7 Å². The highest BCUT2D eigenvalue weighted by Gasteiger charge is 2.40. The number of nitrogens with one attached hydrogen (secondary N) is 2. The summed E-state index contributed by atoms with van der Waals surface area (Å²) in [6.45, 7) is 6.84. The van der Waals surface area contributed by atoms with Gasteiger partial charge < -0.3 is 15.2 Å². The molecule has 1 unspecified atom stereocenters. The van der Waals surface area contributed by atoms with E-state index in [4.69, 9.17) is 5.41 Å². The van der Waals surface area contributed by atoms with Crippen molar-refractivity contribution < 1.29 is 18.6 Å². The molecule has 2 rings (SSSR count). The fourth-order valence-corrected chi connectivity index (χ4v) is 3.64. The number of carbonyl (C=O) groups excluding carboxylic acids is 3. The molecule has 2 heterocycles. The average Bonchev–Trinajstić information content (AvgIpc) is 2.45. The zero-order valence-corrected chi connectivity index (χ0v) is 15.8. The van der Waals surface area contributed by atoms with E-state index < -0.39 is 34.1 Å². The molecule has 4 amide bonds. The summed E-state index contributed by atoms with van der Waals surface area (Å²) in [5, 5.41) is 10.2. The summed E-state index contributed by atoms with van der Waals surface area (Å²) in [5.74, 6) is -0.0854. The lowest BCUT2D eigenvalue weighted by molar-refractivity contribution is -0.135. The van der Waals surface area contributed by atoms with Crippen molar-refractivity contribution in [3.63, 3.8) is 0 Å². The third-order valence-corrected chi connectivity index (χ3v) is 5.80. The summed E-state index contributed by atoms with van der Waals surface area (Å²) >= 11 is 0. The third-order valence-electron chi connectivity index (χ3n) is 4.52. The normalized spacial score (nSPS) is 21.5. The Morgan fingerprint density at radius 1 is 1.16 bits per heavy atom. The predicted molar refractivity (Wildman–Crippen MR) is 94.9 cm³/mol. The van der Waals surface area contributed by atoms with Crippen LogP contribution in [0.5, 0.6) is 0 Å². The van der Waals surface area contributed by atoms with Gasteiger partial charge in [0, 0.05) is 53.1 Å². The van der Waals surface area contributed by atoms with Crippen molar-refractivity contribution >= 4 is 34.4 Å². The molecule has 2 N–H and O–H groups in total. The number of amides is 4. The minimum Gasteiger partial charge on any atom is -0.323 e. The standard InChI is InChI=1S/C16H26N4O4S/c1-16(2,3)12(17)10-13(21)18-14(22)11-4-5-20(11)15(23)19-6-8-25(24)9-7-19/h11,17H,4-10H2,1-3H3,(H,18,21,22). The molecule has 25 heavy (non-hydrogen) atoms. The average molecular weight is 370 g/mol. The molecule has 8 nitrogen and oxygen atoms in total. The van der Waals surface area contributed by atoms with Crippen molar-refractivity contribution in [2.24, 2.45) is 5.41 Å². The number of hydrogen-bond acceptors (Lipinski definition) is 5. The second kappa shape index (κ2) is 7.63. The molecule has 1 atom stereocenters. The maximum Gasteiger partial charge on any atom is 0.320 e.